The van der Waals surface area contributed by atoms with Crippen molar-refractivity contribution in [3.8, 4) is 0 Å². The SMILES string of the molecule is CCc1cc2c(N)nc(SC)nc2s1.O=C(O)C(F)(F)F. The summed E-state index contributed by atoms with van der Waals surface area (Å²) in [6.45, 7) is 2.13. The van der Waals surface area contributed by atoms with Gasteiger partial charge < -0.3 is 10.8 Å². The van der Waals surface area contributed by atoms with Crippen molar-refractivity contribution < 1.29 is 23.1 Å². The molecular weight excluding hydrogens is 327 g/mol. The van der Waals surface area contributed by atoms with E-state index in [0.717, 1.165) is 21.8 Å². The molecule has 0 saturated carbocycles. The molecule has 21 heavy (non-hydrogen) atoms. The van der Waals surface area contributed by atoms with Crippen LogP contribution in [0.1, 0.15) is 11.8 Å². The Hall–Kier alpha value is -1.55. The molecule has 0 aliphatic rings. The number of alkyl halides is 3. The molecule has 2 heterocycles. The molecule has 10 heteroatoms. The molecule has 0 radical (unpaired) electrons. The minimum atomic E-state index is -5.08. The number of hydrogen-bond donors (Lipinski definition) is 2. The number of thiophene rings is 1. The highest BCUT2D eigenvalue weighted by Gasteiger charge is 2.38. The second-order valence-electron chi connectivity index (χ2n) is 3.68. The first-order valence-corrected chi connectivity index (χ1v) is 7.63. The highest BCUT2D eigenvalue weighted by Crippen LogP contribution is 2.29. The second-order valence-corrected chi connectivity index (χ2v) is 5.57. The lowest BCUT2D eigenvalue weighted by molar-refractivity contribution is -0.192. The van der Waals surface area contributed by atoms with E-state index in [4.69, 9.17) is 15.6 Å². The number of carboxylic acid groups (broad SMARTS) is 1. The van der Waals surface area contributed by atoms with Crippen LogP contribution in [-0.4, -0.2) is 33.5 Å². The van der Waals surface area contributed by atoms with Gasteiger partial charge in [-0.05, 0) is 18.7 Å². The van der Waals surface area contributed by atoms with Gasteiger partial charge in [0, 0.05) is 4.88 Å². The van der Waals surface area contributed by atoms with Crippen LogP contribution in [-0.2, 0) is 11.2 Å². The number of anilines is 1. The number of aryl methyl sites for hydroxylation is 1. The highest BCUT2D eigenvalue weighted by molar-refractivity contribution is 7.98. The molecule has 2 aromatic rings. The number of nitrogen functional groups attached to an aromatic ring is 1. The van der Waals surface area contributed by atoms with Crippen molar-refractivity contribution in [2.24, 2.45) is 0 Å². The Labute approximate surface area is 126 Å². The van der Waals surface area contributed by atoms with Gasteiger partial charge in [0.2, 0.25) is 0 Å². The smallest absolute Gasteiger partial charge is 0.475 e. The molecule has 0 aromatic carbocycles. The molecule has 3 N–H and O–H groups in total. The molecule has 2 aromatic heterocycles. The van der Waals surface area contributed by atoms with Gasteiger partial charge in [0.25, 0.3) is 0 Å². The topological polar surface area (TPSA) is 89.1 Å². The zero-order valence-electron chi connectivity index (χ0n) is 11.1. The van der Waals surface area contributed by atoms with Gasteiger partial charge in [0.15, 0.2) is 5.16 Å². The van der Waals surface area contributed by atoms with Crippen molar-refractivity contribution in [1.29, 1.82) is 0 Å². The van der Waals surface area contributed by atoms with Gasteiger partial charge in [-0.25, -0.2) is 14.8 Å². The van der Waals surface area contributed by atoms with Crippen LogP contribution in [0.2, 0.25) is 0 Å². The summed E-state index contributed by atoms with van der Waals surface area (Å²) in [5.74, 6) is -2.16. The van der Waals surface area contributed by atoms with Gasteiger partial charge in [-0.3, -0.25) is 0 Å². The van der Waals surface area contributed by atoms with E-state index < -0.39 is 12.1 Å². The molecule has 0 aliphatic carbocycles. The van der Waals surface area contributed by atoms with Crippen LogP contribution < -0.4 is 5.73 Å². The molecule has 0 bridgehead atoms. The molecule has 0 fully saturated rings. The van der Waals surface area contributed by atoms with Crippen molar-refractivity contribution in [3.05, 3.63) is 10.9 Å². The van der Waals surface area contributed by atoms with Gasteiger partial charge in [-0.2, -0.15) is 13.2 Å². The first-order valence-electron chi connectivity index (χ1n) is 5.59. The molecule has 5 nitrogen and oxygen atoms in total. The van der Waals surface area contributed by atoms with E-state index in [2.05, 4.69) is 23.0 Å². The fourth-order valence-corrected chi connectivity index (χ4v) is 2.64. The van der Waals surface area contributed by atoms with E-state index in [0.29, 0.717) is 5.82 Å². The number of hydrogen-bond acceptors (Lipinski definition) is 6. The standard InChI is InChI=1S/C9H11N3S2.C2HF3O2/c1-3-5-4-6-7(10)11-9(13-2)12-8(6)14-5;3-2(4,5)1(6)7/h4H,3H2,1-2H3,(H2,10,11,12);(H,6,7). The number of carbonyl (C=O) groups is 1. The average Bonchev–Trinajstić information content (AvgIpc) is 2.81. The van der Waals surface area contributed by atoms with Gasteiger partial charge in [-0.1, -0.05) is 18.7 Å². The van der Waals surface area contributed by atoms with Crippen LogP contribution >= 0.6 is 23.1 Å². The summed E-state index contributed by atoms with van der Waals surface area (Å²) in [6.07, 6.45) is -2.11. The number of carboxylic acids is 1. The minimum absolute atomic E-state index is 0.593. The monoisotopic (exact) mass is 339 g/mol. The van der Waals surface area contributed by atoms with Gasteiger partial charge >= 0.3 is 12.1 Å². The van der Waals surface area contributed by atoms with E-state index >= 15 is 0 Å². The largest absolute Gasteiger partial charge is 0.490 e. The number of rotatable bonds is 2. The van der Waals surface area contributed by atoms with Crippen LogP contribution in [0.15, 0.2) is 11.2 Å². The number of nitrogens with two attached hydrogens (primary N) is 1. The Morgan fingerprint density at radius 3 is 2.48 bits per heavy atom. The first-order chi connectivity index (χ1) is 9.68. The summed E-state index contributed by atoms with van der Waals surface area (Å²) >= 11 is 3.22. The molecule has 0 atom stereocenters. The van der Waals surface area contributed by atoms with Crippen LogP contribution in [0.25, 0.3) is 10.2 Å². The summed E-state index contributed by atoms with van der Waals surface area (Å²) in [7, 11) is 0. The van der Waals surface area contributed by atoms with Crippen LogP contribution in [0.4, 0.5) is 19.0 Å². The Morgan fingerprint density at radius 2 is 2.05 bits per heavy atom. The van der Waals surface area contributed by atoms with Crippen molar-refractivity contribution in [2.45, 2.75) is 24.7 Å². The predicted molar refractivity (Wildman–Crippen MR) is 76.7 cm³/mol. The second kappa shape index (κ2) is 6.94. The fourth-order valence-electron chi connectivity index (χ4n) is 1.24. The summed E-state index contributed by atoms with van der Waals surface area (Å²) in [5, 5.41) is 8.86. The lowest BCUT2D eigenvalue weighted by atomic mass is 10.3. The first kappa shape index (κ1) is 17.5. The van der Waals surface area contributed by atoms with Gasteiger partial charge in [0.1, 0.15) is 10.6 Å². The van der Waals surface area contributed by atoms with Crippen LogP contribution in [0.5, 0.6) is 0 Å². The summed E-state index contributed by atoms with van der Waals surface area (Å²) < 4.78 is 31.7. The normalized spacial score (nSPS) is 11.1. The molecule has 0 aliphatic heterocycles. The number of fused-ring (bicyclic) bond motifs is 1. The molecule has 2 rings (SSSR count). The minimum Gasteiger partial charge on any atom is -0.475 e. The molecule has 0 saturated heterocycles. The maximum absolute atomic E-state index is 10.6. The molecular formula is C11H12F3N3O2S2. The maximum Gasteiger partial charge on any atom is 0.490 e. The molecule has 0 spiro atoms. The Kier molecular flexibility index (Phi) is 5.78. The Bertz CT molecular complexity index is 643. The zero-order chi connectivity index (χ0) is 16.2. The molecule has 0 unspecified atom stereocenters. The van der Waals surface area contributed by atoms with E-state index in [1.165, 1.54) is 16.6 Å². The number of nitrogens with zero attached hydrogens (tertiary/aromatic N) is 2. The lowest BCUT2D eigenvalue weighted by Crippen LogP contribution is -2.21. The average molecular weight is 339 g/mol. The third-order valence-corrected chi connectivity index (χ3v) is 3.95. The van der Waals surface area contributed by atoms with Crippen molar-refractivity contribution >= 4 is 45.1 Å². The quantitative estimate of drug-likeness (QED) is 0.645. The van der Waals surface area contributed by atoms with E-state index in [1.807, 2.05) is 6.26 Å². The van der Waals surface area contributed by atoms with E-state index in [1.54, 1.807) is 11.3 Å². The van der Waals surface area contributed by atoms with Crippen LogP contribution in [0, 0.1) is 0 Å². The molecule has 0 amide bonds. The summed E-state index contributed by atoms with van der Waals surface area (Å²) in [5.41, 5.74) is 5.84. The molecule has 116 valence electrons. The number of aliphatic carboxylic acids is 1. The third-order valence-electron chi connectivity index (χ3n) is 2.23. The fraction of sp³-hybridized carbons (Fsp3) is 0.364. The van der Waals surface area contributed by atoms with Gasteiger partial charge in [0.05, 0.1) is 5.39 Å². The summed E-state index contributed by atoms with van der Waals surface area (Å²) in [6, 6.07) is 2.08. The number of halogens is 3. The van der Waals surface area contributed by atoms with E-state index in [-0.39, 0.29) is 0 Å². The highest BCUT2D eigenvalue weighted by atomic mass is 32.2. The van der Waals surface area contributed by atoms with Crippen molar-refractivity contribution in [1.82, 2.24) is 9.97 Å². The number of aromatic nitrogens is 2. The maximum atomic E-state index is 10.6. The predicted octanol–water partition coefficient (Wildman–Crippen LogP) is 3.19. The number of thioether (sulfide) groups is 1. The third kappa shape index (κ3) is 4.74. The summed E-state index contributed by atoms with van der Waals surface area (Å²) in [4.78, 5) is 19.8. The van der Waals surface area contributed by atoms with Gasteiger partial charge in [-0.15, -0.1) is 11.3 Å². The lowest BCUT2D eigenvalue weighted by Gasteiger charge is -1.97. The van der Waals surface area contributed by atoms with Crippen molar-refractivity contribution in [2.75, 3.05) is 12.0 Å². The Balaban J connectivity index is 0.000000270. The zero-order valence-corrected chi connectivity index (χ0v) is 12.7. The van der Waals surface area contributed by atoms with E-state index in [9.17, 15) is 13.2 Å². The van der Waals surface area contributed by atoms with Crippen LogP contribution in [0.3, 0.4) is 0 Å². The van der Waals surface area contributed by atoms with Crippen molar-refractivity contribution in [3.63, 3.8) is 0 Å². The Morgan fingerprint density at radius 1 is 1.48 bits per heavy atom.